The van der Waals surface area contributed by atoms with Crippen LogP contribution in [-0.4, -0.2) is 36.0 Å². The van der Waals surface area contributed by atoms with Gasteiger partial charge in [-0.15, -0.1) is 0 Å². The molecule has 0 unspecified atom stereocenters. The Hall–Kier alpha value is -2.08. The molecular formula is C15H21N3O3. The number of fused-ring (bicyclic) bond motifs is 1. The smallest absolute Gasteiger partial charge is 0.318 e. The Balaban J connectivity index is 2.08. The van der Waals surface area contributed by atoms with Crippen LogP contribution < -0.4 is 15.8 Å². The SMILES string of the molecule is CCOc1ccc2c(c1)CN([C@H](C)C(=O)NC(N)=O)CC2. The summed E-state index contributed by atoms with van der Waals surface area (Å²) >= 11 is 0. The van der Waals surface area contributed by atoms with E-state index in [1.807, 2.05) is 24.0 Å². The van der Waals surface area contributed by atoms with Gasteiger partial charge in [-0.3, -0.25) is 15.0 Å². The van der Waals surface area contributed by atoms with Crippen molar-refractivity contribution in [2.75, 3.05) is 13.2 Å². The highest BCUT2D eigenvalue weighted by Gasteiger charge is 2.26. The number of imide groups is 1. The predicted molar refractivity (Wildman–Crippen MR) is 78.9 cm³/mol. The van der Waals surface area contributed by atoms with E-state index in [-0.39, 0.29) is 5.91 Å². The summed E-state index contributed by atoms with van der Waals surface area (Å²) in [4.78, 5) is 24.6. The van der Waals surface area contributed by atoms with Crippen LogP contribution >= 0.6 is 0 Å². The number of hydrogen-bond acceptors (Lipinski definition) is 4. The lowest BCUT2D eigenvalue weighted by Gasteiger charge is -2.32. The highest BCUT2D eigenvalue weighted by atomic mass is 16.5. The maximum absolute atomic E-state index is 11.9. The number of carbonyl (C=O) groups excluding carboxylic acids is 2. The number of rotatable bonds is 4. The number of amides is 3. The van der Waals surface area contributed by atoms with E-state index in [0.29, 0.717) is 13.2 Å². The normalized spacial score (nSPS) is 15.9. The van der Waals surface area contributed by atoms with Gasteiger partial charge in [-0.05, 0) is 43.5 Å². The monoisotopic (exact) mass is 291 g/mol. The Morgan fingerprint density at radius 2 is 2.19 bits per heavy atom. The fraction of sp³-hybridized carbons (Fsp3) is 0.467. The van der Waals surface area contributed by atoms with Crippen molar-refractivity contribution in [1.29, 1.82) is 0 Å². The van der Waals surface area contributed by atoms with Gasteiger partial charge in [0.25, 0.3) is 0 Å². The molecule has 0 fully saturated rings. The summed E-state index contributed by atoms with van der Waals surface area (Å²) in [6.07, 6.45) is 0.871. The van der Waals surface area contributed by atoms with Gasteiger partial charge in [-0.2, -0.15) is 0 Å². The molecule has 1 aliphatic rings. The van der Waals surface area contributed by atoms with E-state index in [1.165, 1.54) is 5.56 Å². The van der Waals surface area contributed by atoms with Crippen molar-refractivity contribution in [1.82, 2.24) is 10.2 Å². The van der Waals surface area contributed by atoms with Crippen molar-refractivity contribution in [3.05, 3.63) is 29.3 Å². The maximum Gasteiger partial charge on any atom is 0.318 e. The van der Waals surface area contributed by atoms with Crippen LogP contribution in [0.1, 0.15) is 25.0 Å². The molecule has 3 N–H and O–H groups in total. The number of primary amides is 1. The average molecular weight is 291 g/mol. The van der Waals surface area contributed by atoms with Gasteiger partial charge in [0.1, 0.15) is 5.75 Å². The number of nitrogens with zero attached hydrogens (tertiary/aromatic N) is 1. The van der Waals surface area contributed by atoms with Gasteiger partial charge in [0.05, 0.1) is 12.6 Å². The first-order chi connectivity index (χ1) is 10.0. The van der Waals surface area contributed by atoms with Crippen LogP contribution in [-0.2, 0) is 17.8 Å². The van der Waals surface area contributed by atoms with Crippen LogP contribution in [0.5, 0.6) is 5.75 Å². The van der Waals surface area contributed by atoms with E-state index in [4.69, 9.17) is 10.5 Å². The van der Waals surface area contributed by atoms with Crippen molar-refractivity contribution in [3.63, 3.8) is 0 Å². The summed E-state index contributed by atoms with van der Waals surface area (Å²) in [5.74, 6) is 0.472. The number of carbonyl (C=O) groups is 2. The summed E-state index contributed by atoms with van der Waals surface area (Å²) in [5, 5.41) is 2.13. The van der Waals surface area contributed by atoms with Crippen LogP contribution in [0.15, 0.2) is 18.2 Å². The van der Waals surface area contributed by atoms with Gasteiger partial charge in [0, 0.05) is 13.1 Å². The molecule has 6 heteroatoms. The second kappa shape index (κ2) is 6.58. The third kappa shape index (κ3) is 3.72. The lowest BCUT2D eigenvalue weighted by Crippen LogP contribution is -2.49. The molecule has 1 heterocycles. The van der Waals surface area contributed by atoms with Crippen LogP contribution in [0, 0.1) is 0 Å². The number of hydrogen-bond donors (Lipinski definition) is 2. The molecule has 0 saturated carbocycles. The first-order valence-electron chi connectivity index (χ1n) is 7.10. The number of urea groups is 1. The second-order valence-corrected chi connectivity index (χ2v) is 5.11. The van der Waals surface area contributed by atoms with E-state index in [2.05, 4.69) is 11.4 Å². The Morgan fingerprint density at radius 3 is 2.86 bits per heavy atom. The molecule has 21 heavy (non-hydrogen) atoms. The molecule has 0 spiro atoms. The first kappa shape index (κ1) is 15.3. The van der Waals surface area contributed by atoms with E-state index in [9.17, 15) is 9.59 Å². The largest absolute Gasteiger partial charge is 0.494 e. The lowest BCUT2D eigenvalue weighted by atomic mass is 9.98. The zero-order chi connectivity index (χ0) is 15.4. The van der Waals surface area contributed by atoms with E-state index >= 15 is 0 Å². The van der Waals surface area contributed by atoms with Crippen LogP contribution in [0.3, 0.4) is 0 Å². The third-order valence-electron chi connectivity index (χ3n) is 3.70. The standard InChI is InChI=1S/C15H21N3O3/c1-3-21-13-5-4-11-6-7-18(9-12(11)8-13)10(2)14(19)17-15(16)20/h4-5,8,10H,3,6-7,9H2,1-2H3,(H3,16,17,19,20)/t10-/m1/s1. The quantitative estimate of drug-likeness (QED) is 0.867. The minimum atomic E-state index is -0.817. The molecule has 1 aromatic carbocycles. The molecule has 1 atom stereocenters. The van der Waals surface area contributed by atoms with E-state index in [1.54, 1.807) is 6.92 Å². The lowest BCUT2D eigenvalue weighted by molar-refractivity contribution is -0.125. The zero-order valence-electron chi connectivity index (χ0n) is 12.4. The highest BCUT2D eigenvalue weighted by Crippen LogP contribution is 2.25. The summed E-state index contributed by atoms with van der Waals surface area (Å²) < 4.78 is 5.51. The van der Waals surface area contributed by atoms with E-state index in [0.717, 1.165) is 24.3 Å². The summed E-state index contributed by atoms with van der Waals surface area (Å²) in [6.45, 7) is 5.77. The summed E-state index contributed by atoms with van der Waals surface area (Å²) in [6, 6.07) is 4.85. The van der Waals surface area contributed by atoms with Gasteiger partial charge in [-0.25, -0.2) is 4.79 Å². The van der Waals surface area contributed by atoms with Gasteiger partial charge >= 0.3 is 6.03 Å². The number of ether oxygens (including phenoxy) is 1. The van der Waals surface area contributed by atoms with Crippen molar-refractivity contribution < 1.29 is 14.3 Å². The van der Waals surface area contributed by atoms with Gasteiger partial charge in [0.15, 0.2) is 0 Å². The minimum Gasteiger partial charge on any atom is -0.494 e. The Labute approximate surface area is 124 Å². The fourth-order valence-corrected chi connectivity index (χ4v) is 2.53. The molecule has 3 amide bonds. The molecule has 114 valence electrons. The predicted octanol–water partition coefficient (Wildman–Crippen LogP) is 1.03. The molecule has 0 radical (unpaired) electrons. The number of nitrogens with one attached hydrogen (secondary N) is 1. The average Bonchev–Trinajstić information content (AvgIpc) is 2.45. The molecule has 1 aliphatic heterocycles. The fourth-order valence-electron chi connectivity index (χ4n) is 2.53. The van der Waals surface area contributed by atoms with Crippen LogP contribution in [0.4, 0.5) is 4.79 Å². The van der Waals surface area contributed by atoms with Crippen molar-refractivity contribution in [2.24, 2.45) is 5.73 Å². The van der Waals surface area contributed by atoms with E-state index < -0.39 is 12.1 Å². The molecule has 0 bridgehead atoms. The zero-order valence-corrected chi connectivity index (χ0v) is 12.4. The Bertz CT molecular complexity index is 545. The summed E-state index contributed by atoms with van der Waals surface area (Å²) in [5.41, 5.74) is 7.42. The molecular weight excluding hydrogens is 270 g/mol. The maximum atomic E-state index is 11.9. The summed E-state index contributed by atoms with van der Waals surface area (Å²) in [7, 11) is 0. The van der Waals surface area contributed by atoms with Gasteiger partial charge in [-0.1, -0.05) is 6.07 Å². The third-order valence-corrected chi connectivity index (χ3v) is 3.70. The Morgan fingerprint density at radius 1 is 1.43 bits per heavy atom. The molecule has 1 aromatic rings. The number of nitrogens with two attached hydrogens (primary N) is 1. The van der Waals surface area contributed by atoms with Crippen molar-refractivity contribution in [2.45, 2.75) is 32.9 Å². The van der Waals surface area contributed by atoms with Gasteiger partial charge in [0.2, 0.25) is 5.91 Å². The van der Waals surface area contributed by atoms with Crippen molar-refractivity contribution >= 4 is 11.9 Å². The molecule has 0 saturated heterocycles. The van der Waals surface area contributed by atoms with Crippen LogP contribution in [0.25, 0.3) is 0 Å². The van der Waals surface area contributed by atoms with Gasteiger partial charge < -0.3 is 10.5 Å². The molecule has 0 aliphatic carbocycles. The topological polar surface area (TPSA) is 84.7 Å². The number of benzene rings is 1. The second-order valence-electron chi connectivity index (χ2n) is 5.11. The highest BCUT2D eigenvalue weighted by molar-refractivity contribution is 5.96. The molecule has 0 aromatic heterocycles. The molecule has 2 rings (SSSR count). The molecule has 6 nitrogen and oxygen atoms in total. The first-order valence-corrected chi connectivity index (χ1v) is 7.10. The van der Waals surface area contributed by atoms with Crippen LogP contribution in [0.2, 0.25) is 0 Å². The Kier molecular flexibility index (Phi) is 4.80. The minimum absolute atomic E-state index is 0.369. The van der Waals surface area contributed by atoms with Crippen molar-refractivity contribution in [3.8, 4) is 5.75 Å².